The summed E-state index contributed by atoms with van der Waals surface area (Å²) in [5.41, 5.74) is 7.45. The Hall–Kier alpha value is -1.79. The summed E-state index contributed by atoms with van der Waals surface area (Å²) >= 11 is 0. The van der Waals surface area contributed by atoms with Crippen LogP contribution in [0.2, 0.25) is 0 Å². The van der Waals surface area contributed by atoms with Crippen LogP contribution in [0.5, 0.6) is 0 Å². The third-order valence-electron chi connectivity index (χ3n) is 2.98. The Morgan fingerprint density at radius 2 is 2.35 bits per heavy atom. The van der Waals surface area contributed by atoms with Crippen molar-refractivity contribution in [2.45, 2.75) is 13.0 Å². The molecule has 0 bridgehead atoms. The Morgan fingerprint density at radius 3 is 3.05 bits per heavy atom. The van der Waals surface area contributed by atoms with E-state index in [-0.39, 0.29) is 12.1 Å². The van der Waals surface area contributed by atoms with E-state index in [2.05, 4.69) is 5.32 Å². The molecule has 6 nitrogen and oxygen atoms in total. The van der Waals surface area contributed by atoms with Crippen LogP contribution >= 0.6 is 0 Å². The molecule has 0 saturated carbocycles. The fraction of sp³-hybridized carbons (Fsp3) is 0.500. The van der Waals surface area contributed by atoms with E-state index in [1.807, 2.05) is 0 Å². The molecule has 0 spiro atoms. The quantitative estimate of drug-likeness (QED) is 0.624. The lowest BCUT2D eigenvalue weighted by atomic mass is 10.1. The summed E-state index contributed by atoms with van der Waals surface area (Å²) in [6.07, 6.45) is -0.0431. The topological polar surface area (TPSA) is 82.8 Å². The monoisotopic (exact) mass is 280 g/mol. The Bertz CT molecular complexity index is 458. The van der Waals surface area contributed by atoms with Crippen molar-refractivity contribution < 1.29 is 19.0 Å². The largest absolute Gasteiger partial charge is 0.462 e. The minimum absolute atomic E-state index is 0.0431. The van der Waals surface area contributed by atoms with Crippen LogP contribution in [-0.2, 0) is 14.2 Å². The van der Waals surface area contributed by atoms with Crippen LogP contribution < -0.4 is 11.1 Å². The first-order chi connectivity index (χ1) is 9.72. The van der Waals surface area contributed by atoms with Crippen LogP contribution in [0.4, 0.5) is 11.4 Å². The molecular weight excluding hydrogens is 260 g/mol. The second kappa shape index (κ2) is 7.12. The molecule has 0 aromatic heterocycles. The third kappa shape index (κ3) is 3.61. The number of benzene rings is 1. The van der Waals surface area contributed by atoms with Gasteiger partial charge in [-0.05, 0) is 19.1 Å². The first-order valence-corrected chi connectivity index (χ1v) is 6.71. The number of carbonyl (C=O) groups excluding carboxylic acids is 1. The van der Waals surface area contributed by atoms with Crippen molar-refractivity contribution in [2.75, 3.05) is 44.0 Å². The number of esters is 1. The SMILES string of the molecule is CCOC(=O)c1cccc(N)c1NCC1COCCO1. The first kappa shape index (κ1) is 14.6. The average molecular weight is 280 g/mol. The maximum absolute atomic E-state index is 11.9. The number of hydrogen-bond acceptors (Lipinski definition) is 6. The molecule has 1 unspecified atom stereocenters. The van der Waals surface area contributed by atoms with Gasteiger partial charge in [0.25, 0.3) is 0 Å². The molecule has 1 aromatic rings. The molecule has 110 valence electrons. The fourth-order valence-electron chi connectivity index (χ4n) is 2.02. The lowest BCUT2D eigenvalue weighted by molar-refractivity contribution is -0.0818. The molecule has 20 heavy (non-hydrogen) atoms. The standard InChI is InChI=1S/C14H20N2O4/c1-2-19-14(17)11-4-3-5-12(15)13(11)16-8-10-9-18-6-7-20-10/h3-5,10,16H,2,6-9,15H2,1H3. The van der Waals surface area contributed by atoms with E-state index < -0.39 is 0 Å². The van der Waals surface area contributed by atoms with Crippen LogP contribution in [0.25, 0.3) is 0 Å². The number of nitrogens with two attached hydrogens (primary N) is 1. The molecule has 0 aliphatic carbocycles. The minimum Gasteiger partial charge on any atom is -0.462 e. The van der Waals surface area contributed by atoms with Gasteiger partial charge < -0.3 is 25.3 Å². The van der Waals surface area contributed by atoms with E-state index in [0.29, 0.717) is 49.9 Å². The minimum atomic E-state index is -0.386. The molecule has 1 saturated heterocycles. The van der Waals surface area contributed by atoms with Gasteiger partial charge in [-0.3, -0.25) is 0 Å². The Balaban J connectivity index is 2.06. The van der Waals surface area contributed by atoms with Gasteiger partial charge in [-0.1, -0.05) is 6.07 Å². The molecule has 1 fully saturated rings. The number of anilines is 2. The number of nitrogen functional groups attached to an aromatic ring is 1. The lowest BCUT2D eigenvalue weighted by Crippen LogP contribution is -2.34. The predicted octanol–water partition coefficient (Wildman–Crippen LogP) is 1.27. The predicted molar refractivity (Wildman–Crippen MR) is 75.9 cm³/mol. The van der Waals surface area contributed by atoms with Gasteiger partial charge in [-0.15, -0.1) is 0 Å². The van der Waals surface area contributed by atoms with Crippen LogP contribution in [0, 0.1) is 0 Å². The van der Waals surface area contributed by atoms with Gasteiger partial charge >= 0.3 is 5.97 Å². The number of para-hydroxylation sites is 1. The summed E-state index contributed by atoms with van der Waals surface area (Å²) < 4.78 is 15.9. The van der Waals surface area contributed by atoms with E-state index in [4.69, 9.17) is 19.9 Å². The molecule has 1 aliphatic rings. The van der Waals surface area contributed by atoms with Crippen LogP contribution in [0.15, 0.2) is 18.2 Å². The summed E-state index contributed by atoms with van der Waals surface area (Å²) in [6, 6.07) is 5.16. The van der Waals surface area contributed by atoms with Crippen LogP contribution in [0.3, 0.4) is 0 Å². The molecule has 3 N–H and O–H groups in total. The highest BCUT2D eigenvalue weighted by molar-refractivity contribution is 5.98. The van der Waals surface area contributed by atoms with Crippen LogP contribution in [-0.4, -0.2) is 45.0 Å². The molecular formula is C14H20N2O4. The number of carbonyl (C=O) groups is 1. The summed E-state index contributed by atoms with van der Waals surface area (Å²) in [5, 5.41) is 3.16. The number of hydrogen-bond donors (Lipinski definition) is 2. The lowest BCUT2D eigenvalue weighted by Gasteiger charge is -2.24. The third-order valence-corrected chi connectivity index (χ3v) is 2.98. The maximum atomic E-state index is 11.9. The van der Waals surface area contributed by atoms with Crippen molar-refractivity contribution in [2.24, 2.45) is 0 Å². The van der Waals surface area contributed by atoms with Gasteiger partial charge in [0, 0.05) is 6.54 Å². The van der Waals surface area contributed by atoms with Crippen molar-refractivity contribution in [1.29, 1.82) is 0 Å². The van der Waals surface area contributed by atoms with Gasteiger partial charge in [0.15, 0.2) is 0 Å². The molecule has 0 amide bonds. The molecule has 1 heterocycles. The fourth-order valence-corrected chi connectivity index (χ4v) is 2.02. The van der Waals surface area contributed by atoms with Gasteiger partial charge in [0.2, 0.25) is 0 Å². The molecule has 1 aromatic carbocycles. The molecule has 0 radical (unpaired) electrons. The molecule has 2 rings (SSSR count). The zero-order valence-corrected chi connectivity index (χ0v) is 11.6. The van der Waals surface area contributed by atoms with Crippen LogP contribution in [0.1, 0.15) is 17.3 Å². The summed E-state index contributed by atoms with van der Waals surface area (Å²) in [6.45, 7) is 4.37. The van der Waals surface area contributed by atoms with Crippen molar-refractivity contribution in [3.8, 4) is 0 Å². The van der Waals surface area contributed by atoms with Crippen molar-refractivity contribution in [1.82, 2.24) is 0 Å². The zero-order chi connectivity index (χ0) is 14.4. The van der Waals surface area contributed by atoms with E-state index >= 15 is 0 Å². The average Bonchev–Trinajstić information content (AvgIpc) is 2.47. The van der Waals surface area contributed by atoms with E-state index in [1.165, 1.54) is 0 Å². The highest BCUT2D eigenvalue weighted by Crippen LogP contribution is 2.24. The van der Waals surface area contributed by atoms with Crippen molar-refractivity contribution in [3.05, 3.63) is 23.8 Å². The van der Waals surface area contributed by atoms with Gasteiger partial charge in [-0.25, -0.2) is 4.79 Å². The normalized spacial score (nSPS) is 18.6. The number of nitrogens with one attached hydrogen (secondary N) is 1. The summed E-state index contributed by atoms with van der Waals surface area (Å²) in [7, 11) is 0. The summed E-state index contributed by atoms with van der Waals surface area (Å²) in [4.78, 5) is 11.9. The zero-order valence-electron chi connectivity index (χ0n) is 11.6. The summed E-state index contributed by atoms with van der Waals surface area (Å²) in [5.74, 6) is -0.386. The second-order valence-corrected chi connectivity index (χ2v) is 4.44. The number of rotatable bonds is 5. The Kier molecular flexibility index (Phi) is 5.20. The van der Waals surface area contributed by atoms with Gasteiger partial charge in [-0.2, -0.15) is 0 Å². The van der Waals surface area contributed by atoms with Gasteiger partial charge in [0.1, 0.15) is 0 Å². The van der Waals surface area contributed by atoms with Crippen molar-refractivity contribution in [3.63, 3.8) is 0 Å². The molecule has 6 heteroatoms. The van der Waals surface area contributed by atoms with E-state index in [0.717, 1.165) is 0 Å². The molecule has 1 atom stereocenters. The van der Waals surface area contributed by atoms with Crippen molar-refractivity contribution >= 4 is 17.3 Å². The first-order valence-electron chi connectivity index (χ1n) is 6.71. The highest BCUT2D eigenvalue weighted by atomic mass is 16.6. The second-order valence-electron chi connectivity index (χ2n) is 4.44. The van der Waals surface area contributed by atoms with E-state index in [9.17, 15) is 4.79 Å². The highest BCUT2D eigenvalue weighted by Gasteiger charge is 2.18. The smallest absolute Gasteiger partial charge is 0.340 e. The Morgan fingerprint density at radius 1 is 1.50 bits per heavy atom. The van der Waals surface area contributed by atoms with Gasteiger partial charge in [0.05, 0.1) is 49.5 Å². The number of ether oxygens (including phenoxy) is 3. The maximum Gasteiger partial charge on any atom is 0.340 e. The Labute approximate surface area is 118 Å². The van der Waals surface area contributed by atoms with E-state index in [1.54, 1.807) is 25.1 Å². The molecule has 1 aliphatic heterocycles.